The zero-order chi connectivity index (χ0) is 16.2. The van der Waals surface area contributed by atoms with E-state index in [1.54, 1.807) is 0 Å². The minimum Gasteiger partial charge on any atom is -0.361 e. The highest BCUT2D eigenvalue weighted by Crippen LogP contribution is 2.15. The summed E-state index contributed by atoms with van der Waals surface area (Å²) < 4.78 is 27.0. The summed E-state index contributed by atoms with van der Waals surface area (Å²) in [5.41, 5.74) is 2.04. The molecule has 22 heavy (non-hydrogen) atoms. The lowest BCUT2D eigenvalue weighted by Crippen LogP contribution is -2.41. The number of aromatic nitrogens is 1. The monoisotopic (exact) mass is 323 g/mol. The van der Waals surface area contributed by atoms with Crippen LogP contribution in [0.1, 0.15) is 25.3 Å². The predicted molar refractivity (Wildman–Crippen MR) is 86.6 cm³/mol. The van der Waals surface area contributed by atoms with E-state index in [0.29, 0.717) is 19.4 Å². The van der Waals surface area contributed by atoms with Gasteiger partial charge < -0.3 is 4.98 Å². The number of aryl methyl sites for hydroxylation is 1. The van der Waals surface area contributed by atoms with Gasteiger partial charge in [0.2, 0.25) is 5.91 Å². The van der Waals surface area contributed by atoms with Crippen LogP contribution in [-0.4, -0.2) is 37.2 Å². The molecule has 7 heteroatoms. The van der Waals surface area contributed by atoms with Crippen LogP contribution in [0.15, 0.2) is 30.5 Å². The lowest BCUT2D eigenvalue weighted by Gasteiger charge is -2.16. The minimum atomic E-state index is -3.72. The molecule has 0 atom stereocenters. The number of nitrogens with zero attached hydrogens (tertiary/aromatic N) is 1. The van der Waals surface area contributed by atoms with Gasteiger partial charge in [0.15, 0.2) is 0 Å². The van der Waals surface area contributed by atoms with Gasteiger partial charge in [0.1, 0.15) is 0 Å². The van der Waals surface area contributed by atoms with Crippen LogP contribution in [0.4, 0.5) is 0 Å². The van der Waals surface area contributed by atoms with Gasteiger partial charge in [0.25, 0.3) is 0 Å². The van der Waals surface area contributed by atoms with Gasteiger partial charge in [0.05, 0.1) is 0 Å². The van der Waals surface area contributed by atoms with Gasteiger partial charge in [-0.2, -0.15) is 12.7 Å². The van der Waals surface area contributed by atoms with Crippen LogP contribution in [-0.2, 0) is 21.4 Å². The van der Waals surface area contributed by atoms with Gasteiger partial charge >= 0.3 is 10.2 Å². The molecule has 1 heterocycles. The first-order valence-corrected chi connectivity index (χ1v) is 8.69. The maximum absolute atomic E-state index is 11.9. The van der Waals surface area contributed by atoms with E-state index in [-0.39, 0.29) is 6.42 Å². The van der Waals surface area contributed by atoms with Crippen molar-refractivity contribution in [2.24, 2.45) is 0 Å². The minimum absolute atomic E-state index is 0.134. The lowest BCUT2D eigenvalue weighted by atomic mass is 10.1. The molecule has 1 aromatic heterocycles. The summed E-state index contributed by atoms with van der Waals surface area (Å²) in [6.07, 6.45) is 3.19. The number of amides is 1. The number of rotatable bonds is 7. The first kappa shape index (κ1) is 16.5. The average molecular weight is 323 g/mol. The van der Waals surface area contributed by atoms with E-state index in [9.17, 15) is 13.2 Å². The molecule has 2 aromatic rings. The highest BCUT2D eigenvalue weighted by Gasteiger charge is 2.19. The number of nitrogens with one attached hydrogen (secondary N) is 2. The van der Waals surface area contributed by atoms with Crippen molar-refractivity contribution in [2.75, 3.05) is 13.6 Å². The van der Waals surface area contributed by atoms with Gasteiger partial charge in [-0.15, -0.1) is 0 Å². The maximum Gasteiger partial charge on any atom is 0.303 e. The summed E-state index contributed by atoms with van der Waals surface area (Å²) >= 11 is 0. The first-order valence-electron chi connectivity index (χ1n) is 7.25. The van der Waals surface area contributed by atoms with Crippen molar-refractivity contribution in [1.29, 1.82) is 0 Å². The fourth-order valence-electron chi connectivity index (χ4n) is 2.22. The van der Waals surface area contributed by atoms with Crippen LogP contribution in [0, 0.1) is 0 Å². The maximum atomic E-state index is 11.9. The number of carbonyl (C=O) groups excluding carboxylic acids is 1. The summed E-state index contributed by atoms with van der Waals surface area (Å²) in [4.78, 5) is 14.9. The molecule has 6 nitrogen and oxygen atoms in total. The van der Waals surface area contributed by atoms with Crippen molar-refractivity contribution >= 4 is 27.0 Å². The van der Waals surface area contributed by atoms with Crippen LogP contribution in [0.5, 0.6) is 0 Å². The Kier molecular flexibility index (Phi) is 5.20. The van der Waals surface area contributed by atoms with Gasteiger partial charge in [-0.1, -0.05) is 13.0 Å². The van der Waals surface area contributed by atoms with E-state index >= 15 is 0 Å². The third-order valence-electron chi connectivity index (χ3n) is 3.45. The third kappa shape index (κ3) is 4.08. The second-order valence-electron chi connectivity index (χ2n) is 5.25. The van der Waals surface area contributed by atoms with Crippen molar-refractivity contribution in [2.45, 2.75) is 26.2 Å². The summed E-state index contributed by atoms with van der Waals surface area (Å²) in [5.74, 6) is -0.489. The van der Waals surface area contributed by atoms with Gasteiger partial charge in [-0.05, 0) is 42.0 Å². The summed E-state index contributed by atoms with van der Waals surface area (Å²) in [6, 6.07) is 7.85. The number of H-pyrrole nitrogens is 1. The number of fused-ring (bicyclic) bond motifs is 1. The molecule has 0 unspecified atom stereocenters. The number of hydrogen-bond donors (Lipinski definition) is 2. The molecule has 0 aliphatic carbocycles. The molecule has 0 saturated heterocycles. The molecule has 1 aromatic carbocycles. The Balaban J connectivity index is 1.92. The van der Waals surface area contributed by atoms with E-state index in [2.05, 4.69) is 9.71 Å². The van der Waals surface area contributed by atoms with E-state index in [1.807, 2.05) is 37.4 Å². The van der Waals surface area contributed by atoms with Gasteiger partial charge in [-0.25, -0.2) is 4.72 Å². The van der Waals surface area contributed by atoms with E-state index in [1.165, 1.54) is 7.05 Å². The summed E-state index contributed by atoms with van der Waals surface area (Å²) in [6.45, 7) is 2.26. The molecule has 120 valence electrons. The molecule has 2 rings (SSSR count). The van der Waals surface area contributed by atoms with Crippen molar-refractivity contribution < 1.29 is 13.2 Å². The van der Waals surface area contributed by atoms with Crippen LogP contribution in [0.25, 0.3) is 10.9 Å². The van der Waals surface area contributed by atoms with Crippen molar-refractivity contribution in [3.05, 3.63) is 36.0 Å². The Hall–Kier alpha value is -1.86. The fraction of sp³-hybridized carbons (Fsp3) is 0.400. The predicted octanol–water partition coefficient (Wildman–Crippen LogP) is 1.80. The topological polar surface area (TPSA) is 82.3 Å². The smallest absolute Gasteiger partial charge is 0.303 e. The van der Waals surface area contributed by atoms with Crippen molar-refractivity contribution in [3.63, 3.8) is 0 Å². The van der Waals surface area contributed by atoms with Gasteiger partial charge in [0, 0.05) is 31.7 Å². The van der Waals surface area contributed by atoms with E-state index < -0.39 is 16.1 Å². The highest BCUT2D eigenvalue weighted by molar-refractivity contribution is 7.87. The quantitative estimate of drug-likeness (QED) is 0.815. The van der Waals surface area contributed by atoms with Crippen LogP contribution >= 0.6 is 0 Å². The summed E-state index contributed by atoms with van der Waals surface area (Å²) in [7, 11) is -2.27. The molecule has 1 amide bonds. The molecular formula is C15H21N3O3S. The van der Waals surface area contributed by atoms with Crippen LogP contribution in [0.3, 0.4) is 0 Å². The molecule has 2 N–H and O–H groups in total. The Morgan fingerprint density at radius 3 is 2.82 bits per heavy atom. The normalized spacial score (nSPS) is 12.0. The third-order valence-corrected chi connectivity index (χ3v) is 4.94. The van der Waals surface area contributed by atoms with Crippen LogP contribution in [0.2, 0.25) is 0 Å². The molecule has 0 aliphatic heterocycles. The number of hydrogen-bond acceptors (Lipinski definition) is 3. The van der Waals surface area contributed by atoms with Gasteiger partial charge in [-0.3, -0.25) is 4.79 Å². The second-order valence-corrected chi connectivity index (χ2v) is 7.03. The molecule has 0 bridgehead atoms. The SMILES string of the molecule is CCCN(C)S(=O)(=O)NC(=O)CCc1ccc2[nH]ccc2c1. The number of benzene rings is 1. The molecular weight excluding hydrogens is 302 g/mol. The first-order chi connectivity index (χ1) is 10.4. The standard InChI is InChI=1S/C15H21N3O3S/c1-3-10-18(2)22(20,21)17-15(19)7-5-12-4-6-14-13(11-12)8-9-16-14/h4,6,8-9,11,16H,3,5,7,10H2,1-2H3,(H,17,19). The van der Waals surface area contributed by atoms with Crippen molar-refractivity contribution in [1.82, 2.24) is 14.0 Å². The molecule has 0 fully saturated rings. The zero-order valence-corrected chi connectivity index (χ0v) is 13.6. The molecule has 0 aliphatic rings. The molecule has 0 spiro atoms. The Labute approximate surface area is 130 Å². The Morgan fingerprint density at radius 1 is 1.32 bits per heavy atom. The number of carbonyl (C=O) groups is 1. The average Bonchev–Trinajstić information content (AvgIpc) is 2.92. The number of aromatic amines is 1. The Morgan fingerprint density at radius 2 is 2.09 bits per heavy atom. The fourth-order valence-corrected chi connectivity index (χ4v) is 3.19. The van der Waals surface area contributed by atoms with Crippen LogP contribution < -0.4 is 4.72 Å². The highest BCUT2D eigenvalue weighted by atomic mass is 32.2. The molecule has 0 saturated carbocycles. The second kappa shape index (κ2) is 6.93. The lowest BCUT2D eigenvalue weighted by molar-refractivity contribution is -0.119. The molecule has 0 radical (unpaired) electrons. The zero-order valence-electron chi connectivity index (χ0n) is 12.8. The van der Waals surface area contributed by atoms with E-state index in [4.69, 9.17) is 0 Å². The van der Waals surface area contributed by atoms with Crippen molar-refractivity contribution in [3.8, 4) is 0 Å². The Bertz CT molecular complexity index is 752. The van der Waals surface area contributed by atoms with E-state index in [0.717, 1.165) is 20.8 Å². The largest absolute Gasteiger partial charge is 0.361 e. The summed E-state index contributed by atoms with van der Waals surface area (Å²) in [5, 5.41) is 1.08.